The highest BCUT2D eigenvalue weighted by atomic mass is 35.5. The van der Waals surface area contributed by atoms with Crippen molar-refractivity contribution in [3.8, 4) is 22.3 Å². The van der Waals surface area contributed by atoms with Gasteiger partial charge in [-0.25, -0.2) is 0 Å². The molecule has 1 atom stereocenters. The first-order chi connectivity index (χ1) is 25.3. The first kappa shape index (κ1) is 40.2. The number of nitrogens with one attached hydrogen (secondary N) is 2. The SMILES string of the molecule is Cc1cc(Cl)ccc1-c1ccc(NC(=O)C(Cc2ccc(C(=O)NCCS(=O)(=O)O)cc2)c2ccc(-c3ccc(C(C)(C)C)cc3)cc2)cc1C(F)(F)F. The Balaban J connectivity index is 1.44. The van der Waals surface area contributed by atoms with E-state index in [-0.39, 0.29) is 35.2 Å². The lowest BCUT2D eigenvalue weighted by Crippen LogP contribution is -2.28. The quantitative estimate of drug-likeness (QED) is 0.116. The van der Waals surface area contributed by atoms with Gasteiger partial charge in [0.25, 0.3) is 16.0 Å². The summed E-state index contributed by atoms with van der Waals surface area (Å²) in [5.74, 6) is -2.57. The van der Waals surface area contributed by atoms with Crippen molar-refractivity contribution in [2.45, 2.75) is 51.6 Å². The molecule has 2 amide bonds. The molecule has 0 heterocycles. The molecule has 1 unspecified atom stereocenters. The smallest absolute Gasteiger partial charge is 0.351 e. The van der Waals surface area contributed by atoms with Crippen LogP contribution in [-0.4, -0.2) is 37.1 Å². The molecule has 0 spiro atoms. The van der Waals surface area contributed by atoms with Gasteiger partial charge in [-0.3, -0.25) is 14.1 Å². The van der Waals surface area contributed by atoms with E-state index in [1.807, 2.05) is 36.4 Å². The highest BCUT2D eigenvalue weighted by Crippen LogP contribution is 2.40. The number of hydrogen-bond acceptors (Lipinski definition) is 4. The number of carbonyl (C=O) groups excluding carboxylic acids is 2. The Hall–Kier alpha value is -4.97. The van der Waals surface area contributed by atoms with Gasteiger partial charge in [-0.1, -0.05) is 105 Å². The molecular formula is C42H40ClF3N2O5S. The zero-order chi connectivity index (χ0) is 39.4. The van der Waals surface area contributed by atoms with E-state index in [1.54, 1.807) is 25.1 Å². The zero-order valence-corrected chi connectivity index (χ0v) is 31.7. The molecule has 0 aromatic heterocycles. The van der Waals surface area contributed by atoms with Crippen molar-refractivity contribution >= 4 is 39.2 Å². The molecular weight excluding hydrogens is 737 g/mol. The number of benzene rings is 5. The third-order valence-electron chi connectivity index (χ3n) is 9.09. The first-order valence-corrected chi connectivity index (χ1v) is 19.1. The number of alkyl halides is 3. The highest BCUT2D eigenvalue weighted by Gasteiger charge is 2.35. The first-order valence-electron chi connectivity index (χ1n) is 17.1. The van der Waals surface area contributed by atoms with Crippen LogP contribution >= 0.6 is 11.6 Å². The summed E-state index contributed by atoms with van der Waals surface area (Å²) in [4.78, 5) is 26.6. The molecule has 3 N–H and O–H groups in total. The standard InChI is InChI=1S/C42H40ClF3N2O5S/c1-26-23-33(43)17-19-35(26)36-20-18-34(25-38(36)42(44,45)46)48-40(50)37(24-27-5-7-31(8-6-27)39(49)47-21-22-54(51,52)53)30-11-9-28(10-12-30)29-13-15-32(16-14-29)41(2,3)4/h5-20,23,25,37H,21-22,24H2,1-4H3,(H,47,49)(H,48,50)(H,51,52,53). The summed E-state index contributed by atoms with van der Waals surface area (Å²) >= 11 is 6.05. The lowest BCUT2D eigenvalue weighted by atomic mass is 9.86. The molecule has 54 heavy (non-hydrogen) atoms. The summed E-state index contributed by atoms with van der Waals surface area (Å²) in [6.07, 6.45) is -4.58. The molecule has 282 valence electrons. The van der Waals surface area contributed by atoms with Crippen LogP contribution in [0.4, 0.5) is 18.9 Å². The Kier molecular flexibility index (Phi) is 12.1. The maximum absolute atomic E-state index is 14.4. The predicted octanol–water partition coefficient (Wildman–Crippen LogP) is 9.88. The molecule has 5 aromatic carbocycles. The van der Waals surface area contributed by atoms with Crippen LogP contribution in [0.1, 0.15) is 64.9 Å². The summed E-state index contributed by atoms with van der Waals surface area (Å²) in [7, 11) is -4.25. The van der Waals surface area contributed by atoms with E-state index in [4.69, 9.17) is 16.2 Å². The molecule has 0 fully saturated rings. The van der Waals surface area contributed by atoms with Gasteiger partial charge in [0.2, 0.25) is 5.91 Å². The van der Waals surface area contributed by atoms with Crippen LogP contribution in [0.3, 0.4) is 0 Å². The van der Waals surface area contributed by atoms with Crippen molar-refractivity contribution in [3.05, 3.63) is 148 Å². The topological polar surface area (TPSA) is 113 Å². The van der Waals surface area contributed by atoms with Crippen molar-refractivity contribution in [2.75, 3.05) is 17.6 Å². The van der Waals surface area contributed by atoms with Crippen molar-refractivity contribution in [1.29, 1.82) is 0 Å². The van der Waals surface area contributed by atoms with E-state index < -0.39 is 45.3 Å². The van der Waals surface area contributed by atoms with Crippen molar-refractivity contribution in [1.82, 2.24) is 5.32 Å². The summed E-state index contributed by atoms with van der Waals surface area (Å²) in [6.45, 7) is 7.80. The maximum atomic E-state index is 14.4. The second-order valence-electron chi connectivity index (χ2n) is 14.2. The third kappa shape index (κ3) is 10.4. The summed E-state index contributed by atoms with van der Waals surface area (Å²) in [5, 5.41) is 5.54. The largest absolute Gasteiger partial charge is 0.417 e. The molecule has 0 bridgehead atoms. The van der Waals surface area contributed by atoms with Crippen molar-refractivity contribution < 1.29 is 35.7 Å². The second-order valence-corrected chi connectivity index (χ2v) is 16.2. The molecule has 0 aliphatic rings. The number of hydrogen-bond donors (Lipinski definition) is 3. The van der Waals surface area contributed by atoms with Crippen LogP contribution < -0.4 is 10.6 Å². The molecule has 7 nitrogen and oxygen atoms in total. The Morgan fingerprint density at radius 2 is 1.39 bits per heavy atom. The van der Waals surface area contributed by atoms with Gasteiger partial charge in [-0.15, -0.1) is 0 Å². The van der Waals surface area contributed by atoms with E-state index in [0.29, 0.717) is 27.3 Å². The van der Waals surface area contributed by atoms with Crippen LogP contribution in [-0.2, 0) is 32.9 Å². The lowest BCUT2D eigenvalue weighted by Gasteiger charge is -2.21. The van der Waals surface area contributed by atoms with Crippen LogP contribution in [0.5, 0.6) is 0 Å². The van der Waals surface area contributed by atoms with Gasteiger partial charge < -0.3 is 10.6 Å². The minimum atomic E-state index is -4.72. The summed E-state index contributed by atoms with van der Waals surface area (Å²) < 4.78 is 74.2. The molecule has 0 saturated carbocycles. The Labute approximate surface area is 318 Å². The van der Waals surface area contributed by atoms with Gasteiger partial charge in [0.1, 0.15) is 0 Å². The number of amides is 2. The number of anilines is 1. The molecule has 0 radical (unpaired) electrons. The average Bonchev–Trinajstić information content (AvgIpc) is 3.10. The molecule has 0 saturated heterocycles. The fourth-order valence-corrected chi connectivity index (χ4v) is 6.69. The van der Waals surface area contributed by atoms with E-state index in [9.17, 15) is 31.2 Å². The Morgan fingerprint density at radius 3 is 1.94 bits per heavy atom. The van der Waals surface area contributed by atoms with E-state index >= 15 is 0 Å². The van der Waals surface area contributed by atoms with Crippen LogP contribution in [0.15, 0.2) is 109 Å². The van der Waals surface area contributed by atoms with Crippen molar-refractivity contribution in [3.63, 3.8) is 0 Å². The Morgan fingerprint density at radius 1 is 0.796 bits per heavy atom. The van der Waals surface area contributed by atoms with Crippen LogP contribution in [0.25, 0.3) is 22.3 Å². The third-order valence-corrected chi connectivity index (χ3v) is 10.0. The maximum Gasteiger partial charge on any atom is 0.417 e. The number of rotatable bonds is 11. The molecule has 5 rings (SSSR count). The predicted molar refractivity (Wildman–Crippen MR) is 207 cm³/mol. The highest BCUT2D eigenvalue weighted by molar-refractivity contribution is 7.85. The fourth-order valence-electron chi connectivity index (χ4n) is 6.11. The van der Waals surface area contributed by atoms with Gasteiger partial charge in [0.15, 0.2) is 0 Å². The summed E-state index contributed by atoms with van der Waals surface area (Å²) in [6, 6.07) is 30.3. The van der Waals surface area contributed by atoms with E-state index in [2.05, 4.69) is 43.5 Å². The van der Waals surface area contributed by atoms with Crippen LogP contribution in [0.2, 0.25) is 5.02 Å². The van der Waals surface area contributed by atoms with E-state index in [0.717, 1.165) is 17.2 Å². The minimum Gasteiger partial charge on any atom is -0.351 e. The normalized spacial score (nSPS) is 12.6. The Bertz CT molecular complexity index is 2250. The number of carbonyl (C=O) groups is 2. The molecule has 0 aliphatic carbocycles. The van der Waals surface area contributed by atoms with Gasteiger partial charge >= 0.3 is 6.18 Å². The molecule has 12 heteroatoms. The number of halogens is 4. The summed E-state index contributed by atoms with van der Waals surface area (Å²) in [5.41, 5.74) is 4.56. The van der Waals surface area contributed by atoms with Gasteiger partial charge in [-0.2, -0.15) is 21.6 Å². The van der Waals surface area contributed by atoms with Gasteiger partial charge in [0.05, 0.1) is 17.2 Å². The van der Waals surface area contributed by atoms with Crippen molar-refractivity contribution in [2.24, 2.45) is 0 Å². The average molecular weight is 777 g/mol. The molecule has 5 aromatic rings. The molecule has 0 aliphatic heterocycles. The lowest BCUT2D eigenvalue weighted by molar-refractivity contribution is -0.137. The van der Waals surface area contributed by atoms with Crippen LogP contribution in [0, 0.1) is 6.92 Å². The zero-order valence-electron chi connectivity index (χ0n) is 30.1. The monoisotopic (exact) mass is 776 g/mol. The number of aryl methyl sites for hydroxylation is 1. The van der Waals surface area contributed by atoms with Gasteiger partial charge in [-0.05, 0) is 99.7 Å². The second kappa shape index (κ2) is 16.2. The van der Waals surface area contributed by atoms with Gasteiger partial charge in [0, 0.05) is 22.8 Å². The fraction of sp³-hybridized carbons (Fsp3) is 0.238. The minimum absolute atomic E-state index is 0.00988. The van der Waals surface area contributed by atoms with E-state index in [1.165, 1.54) is 42.0 Å².